The summed E-state index contributed by atoms with van der Waals surface area (Å²) in [4.78, 5) is 0. The zero-order chi connectivity index (χ0) is 13.2. The Morgan fingerprint density at radius 2 is 2.33 bits per heavy atom. The first-order valence-corrected chi connectivity index (χ1v) is 7.89. The molecule has 6 nitrogen and oxygen atoms in total. The molecule has 1 saturated carbocycles. The second-order valence-corrected chi connectivity index (χ2v) is 7.19. The number of oxime groups is 1. The largest absolute Gasteiger partial charge is 0.409 e. The highest BCUT2D eigenvalue weighted by Crippen LogP contribution is 2.33. The molecule has 1 aromatic rings. The average Bonchev–Trinajstić information content (AvgIpc) is 3.00. The summed E-state index contributed by atoms with van der Waals surface area (Å²) in [5.74, 6) is 0.0435. The number of thiophene rings is 1. The zero-order valence-corrected chi connectivity index (χ0v) is 11.3. The maximum atomic E-state index is 12.4. The van der Waals surface area contributed by atoms with Crippen LogP contribution in [-0.2, 0) is 10.0 Å². The van der Waals surface area contributed by atoms with Crippen LogP contribution in [0.4, 0.5) is 0 Å². The van der Waals surface area contributed by atoms with Gasteiger partial charge in [0.05, 0.1) is 0 Å². The summed E-state index contributed by atoms with van der Waals surface area (Å²) < 4.78 is 26.5. The lowest BCUT2D eigenvalue weighted by Crippen LogP contribution is -2.35. The molecule has 0 saturated heterocycles. The number of hydrogen-bond acceptors (Lipinski definition) is 5. The summed E-state index contributed by atoms with van der Waals surface area (Å²) in [5.41, 5.74) is 5.38. The van der Waals surface area contributed by atoms with E-state index in [0.29, 0.717) is 4.21 Å². The van der Waals surface area contributed by atoms with Crippen molar-refractivity contribution in [3.63, 3.8) is 0 Å². The Kier molecular flexibility index (Phi) is 3.88. The van der Waals surface area contributed by atoms with Gasteiger partial charge in [0.1, 0.15) is 10.0 Å². The van der Waals surface area contributed by atoms with Crippen molar-refractivity contribution >= 4 is 27.2 Å². The summed E-state index contributed by atoms with van der Waals surface area (Å²) in [6, 6.07) is 3.37. The fourth-order valence-corrected chi connectivity index (χ4v) is 4.47. The van der Waals surface area contributed by atoms with Crippen LogP contribution < -0.4 is 5.73 Å². The van der Waals surface area contributed by atoms with Crippen LogP contribution in [0.3, 0.4) is 0 Å². The van der Waals surface area contributed by atoms with Crippen LogP contribution in [0, 0.1) is 0 Å². The molecule has 8 heteroatoms. The smallest absolute Gasteiger partial charge is 0.252 e. The monoisotopic (exact) mass is 289 g/mol. The van der Waals surface area contributed by atoms with Crippen LogP contribution in [0.25, 0.3) is 0 Å². The maximum absolute atomic E-state index is 12.4. The first-order valence-electron chi connectivity index (χ1n) is 5.57. The van der Waals surface area contributed by atoms with Gasteiger partial charge in [-0.25, -0.2) is 8.42 Å². The van der Waals surface area contributed by atoms with Gasteiger partial charge in [-0.05, 0) is 24.3 Å². The van der Waals surface area contributed by atoms with Crippen molar-refractivity contribution < 1.29 is 13.6 Å². The van der Waals surface area contributed by atoms with E-state index in [4.69, 9.17) is 10.9 Å². The number of rotatable bonds is 6. The Balaban J connectivity index is 2.15. The van der Waals surface area contributed by atoms with Crippen molar-refractivity contribution in [2.75, 3.05) is 6.54 Å². The predicted molar refractivity (Wildman–Crippen MR) is 69.3 cm³/mol. The Labute approximate surface area is 110 Å². The SMILES string of the molecule is N/C(CCN(C1CC1)S(=O)(=O)c1cccs1)=N/O. The molecule has 0 bridgehead atoms. The van der Waals surface area contributed by atoms with Gasteiger partial charge in [-0.1, -0.05) is 11.2 Å². The third-order valence-electron chi connectivity index (χ3n) is 2.73. The Morgan fingerprint density at radius 1 is 1.61 bits per heavy atom. The molecule has 0 spiro atoms. The first-order chi connectivity index (χ1) is 8.55. The normalized spacial score (nSPS) is 17.3. The minimum Gasteiger partial charge on any atom is -0.409 e. The van der Waals surface area contributed by atoms with E-state index in [9.17, 15) is 8.42 Å². The van der Waals surface area contributed by atoms with Gasteiger partial charge >= 0.3 is 0 Å². The molecule has 0 aromatic carbocycles. The number of nitrogens with two attached hydrogens (primary N) is 1. The lowest BCUT2D eigenvalue weighted by molar-refractivity contribution is 0.315. The molecule has 100 valence electrons. The van der Waals surface area contributed by atoms with Crippen LogP contribution in [0.5, 0.6) is 0 Å². The van der Waals surface area contributed by atoms with Crippen molar-refractivity contribution in [1.82, 2.24) is 4.31 Å². The first kappa shape index (κ1) is 13.3. The summed E-state index contributed by atoms with van der Waals surface area (Å²) in [5, 5.41) is 13.1. The fourth-order valence-electron chi connectivity index (χ4n) is 1.66. The molecule has 3 N–H and O–H groups in total. The van der Waals surface area contributed by atoms with E-state index in [-0.39, 0.29) is 24.8 Å². The van der Waals surface area contributed by atoms with Gasteiger partial charge in [-0.2, -0.15) is 4.31 Å². The summed E-state index contributed by atoms with van der Waals surface area (Å²) in [7, 11) is -3.44. The Hall–Kier alpha value is -1.12. The van der Waals surface area contributed by atoms with E-state index in [1.165, 1.54) is 15.6 Å². The van der Waals surface area contributed by atoms with Crippen molar-refractivity contribution in [2.45, 2.75) is 29.5 Å². The van der Waals surface area contributed by atoms with Gasteiger partial charge < -0.3 is 10.9 Å². The van der Waals surface area contributed by atoms with Crippen LogP contribution in [0.15, 0.2) is 26.9 Å². The molecule has 0 radical (unpaired) electrons. The highest BCUT2D eigenvalue weighted by molar-refractivity contribution is 7.91. The van der Waals surface area contributed by atoms with Crippen molar-refractivity contribution in [3.8, 4) is 0 Å². The van der Waals surface area contributed by atoms with Crippen molar-refractivity contribution in [3.05, 3.63) is 17.5 Å². The molecule has 0 atom stereocenters. The summed E-state index contributed by atoms with van der Waals surface area (Å²) in [6.45, 7) is 0.251. The second-order valence-electron chi connectivity index (χ2n) is 4.12. The maximum Gasteiger partial charge on any atom is 0.252 e. The molecule has 1 heterocycles. The van der Waals surface area contributed by atoms with Crippen LogP contribution in [0.1, 0.15) is 19.3 Å². The minimum absolute atomic E-state index is 0.0435. The molecule has 0 amide bonds. The van der Waals surface area contributed by atoms with E-state index in [1.807, 2.05) is 0 Å². The van der Waals surface area contributed by atoms with E-state index < -0.39 is 10.0 Å². The quantitative estimate of drug-likeness (QED) is 0.354. The van der Waals surface area contributed by atoms with Crippen molar-refractivity contribution in [2.24, 2.45) is 10.9 Å². The summed E-state index contributed by atoms with van der Waals surface area (Å²) in [6.07, 6.45) is 1.99. The third kappa shape index (κ3) is 2.82. The van der Waals surface area contributed by atoms with Gasteiger partial charge in [-0.3, -0.25) is 0 Å². The number of nitrogens with zero attached hydrogens (tertiary/aromatic N) is 2. The van der Waals surface area contributed by atoms with Crippen LogP contribution in [-0.4, -0.2) is 36.4 Å². The molecular formula is C10H15N3O3S2. The zero-order valence-electron chi connectivity index (χ0n) is 9.69. The van der Waals surface area contributed by atoms with Gasteiger partial charge in [0.2, 0.25) is 0 Å². The molecule has 18 heavy (non-hydrogen) atoms. The molecule has 1 aliphatic carbocycles. The molecular weight excluding hydrogens is 274 g/mol. The Bertz CT molecular complexity index is 521. The highest BCUT2D eigenvalue weighted by Gasteiger charge is 2.38. The number of hydrogen-bond donors (Lipinski definition) is 2. The standard InChI is InChI=1S/C10H15N3O3S2/c11-9(12-14)5-6-13(8-3-4-8)18(15,16)10-2-1-7-17-10/h1-2,7-8,14H,3-6H2,(H2,11,12). The average molecular weight is 289 g/mol. The lowest BCUT2D eigenvalue weighted by atomic mass is 10.4. The van der Waals surface area contributed by atoms with E-state index in [1.54, 1.807) is 17.5 Å². The highest BCUT2D eigenvalue weighted by atomic mass is 32.2. The number of amidine groups is 1. The second kappa shape index (κ2) is 5.25. The fraction of sp³-hybridized carbons (Fsp3) is 0.500. The molecule has 0 unspecified atom stereocenters. The van der Waals surface area contributed by atoms with Crippen LogP contribution in [0.2, 0.25) is 0 Å². The minimum atomic E-state index is -3.44. The molecule has 1 aromatic heterocycles. The molecule has 1 aliphatic rings. The molecule has 2 rings (SSSR count). The van der Waals surface area contributed by atoms with Gasteiger partial charge in [0.25, 0.3) is 10.0 Å². The molecule has 0 aliphatic heterocycles. The van der Waals surface area contributed by atoms with Gasteiger partial charge in [0, 0.05) is 19.0 Å². The van der Waals surface area contributed by atoms with E-state index in [0.717, 1.165) is 12.8 Å². The van der Waals surface area contributed by atoms with E-state index in [2.05, 4.69) is 5.16 Å². The van der Waals surface area contributed by atoms with Crippen molar-refractivity contribution in [1.29, 1.82) is 0 Å². The topological polar surface area (TPSA) is 96.0 Å². The third-order valence-corrected chi connectivity index (χ3v) is 6.05. The van der Waals surface area contributed by atoms with Gasteiger partial charge in [-0.15, -0.1) is 11.3 Å². The van der Waals surface area contributed by atoms with E-state index >= 15 is 0 Å². The Morgan fingerprint density at radius 3 is 2.83 bits per heavy atom. The summed E-state index contributed by atoms with van der Waals surface area (Å²) >= 11 is 1.20. The number of sulfonamides is 1. The van der Waals surface area contributed by atoms with Crippen LogP contribution >= 0.6 is 11.3 Å². The molecule has 1 fully saturated rings. The van der Waals surface area contributed by atoms with Gasteiger partial charge in [0.15, 0.2) is 0 Å². The lowest BCUT2D eigenvalue weighted by Gasteiger charge is -2.20. The predicted octanol–water partition coefficient (Wildman–Crippen LogP) is 1.04.